The molecule has 4 rings (SSSR count). The van der Waals surface area contributed by atoms with Crippen molar-refractivity contribution in [2.45, 2.75) is 0 Å². The van der Waals surface area contributed by atoms with E-state index in [0.29, 0.717) is 17.2 Å². The molecule has 0 spiro atoms. The minimum absolute atomic E-state index is 0.357. The van der Waals surface area contributed by atoms with Crippen molar-refractivity contribution in [2.24, 2.45) is 0 Å². The van der Waals surface area contributed by atoms with Crippen LogP contribution in [0.5, 0.6) is 0 Å². The monoisotopic (exact) mass is 396 g/mol. The van der Waals surface area contributed by atoms with Gasteiger partial charge in [0, 0.05) is 11.1 Å². The first-order chi connectivity index (χ1) is 14.0. The highest BCUT2D eigenvalue weighted by molar-refractivity contribution is 5.74. The summed E-state index contributed by atoms with van der Waals surface area (Å²) in [5, 5.41) is 0. The van der Waals surface area contributed by atoms with Crippen molar-refractivity contribution in [1.82, 2.24) is 0 Å². The van der Waals surface area contributed by atoms with Gasteiger partial charge < -0.3 is 0 Å². The first kappa shape index (κ1) is 18.9. The van der Waals surface area contributed by atoms with Crippen molar-refractivity contribution in [3.05, 3.63) is 108 Å². The van der Waals surface area contributed by atoms with Gasteiger partial charge in [-0.3, -0.25) is 0 Å². The van der Waals surface area contributed by atoms with Gasteiger partial charge in [0.15, 0.2) is 23.3 Å². The van der Waals surface area contributed by atoms with Crippen molar-refractivity contribution in [1.29, 1.82) is 0 Å². The molecule has 0 saturated carbocycles. The molecule has 4 aromatic carbocycles. The molecule has 0 nitrogen and oxygen atoms in total. The molecule has 0 amide bonds. The summed E-state index contributed by atoms with van der Waals surface area (Å²) < 4.78 is 68.7. The van der Waals surface area contributed by atoms with Gasteiger partial charge in [-0.1, -0.05) is 66.7 Å². The van der Waals surface area contributed by atoms with Crippen LogP contribution in [-0.2, 0) is 0 Å². The Morgan fingerprint density at radius 3 is 1.55 bits per heavy atom. The second kappa shape index (κ2) is 7.51. The average molecular weight is 396 g/mol. The first-order valence-corrected chi connectivity index (χ1v) is 8.74. The third-order valence-electron chi connectivity index (χ3n) is 4.69. The highest BCUT2D eigenvalue weighted by atomic mass is 19.2. The normalized spacial score (nSPS) is 10.9. The lowest BCUT2D eigenvalue weighted by molar-refractivity contribution is 0.410. The van der Waals surface area contributed by atoms with Gasteiger partial charge in [0.2, 0.25) is 0 Å². The van der Waals surface area contributed by atoms with Gasteiger partial charge in [0.25, 0.3) is 0 Å². The predicted molar refractivity (Wildman–Crippen MR) is 103 cm³/mol. The molecule has 0 radical (unpaired) electrons. The number of hydrogen-bond donors (Lipinski definition) is 0. The summed E-state index contributed by atoms with van der Waals surface area (Å²) in [7, 11) is 0. The molecule has 0 N–H and O–H groups in total. The maximum Gasteiger partial charge on any atom is 0.198 e. The van der Waals surface area contributed by atoms with E-state index >= 15 is 0 Å². The summed E-state index contributed by atoms with van der Waals surface area (Å²) >= 11 is 0. The minimum atomic E-state index is -1.97. The van der Waals surface area contributed by atoms with E-state index in [1.807, 2.05) is 54.6 Å². The molecule has 0 aliphatic heterocycles. The van der Waals surface area contributed by atoms with Crippen LogP contribution in [-0.4, -0.2) is 0 Å². The number of halogens is 5. The van der Waals surface area contributed by atoms with Crippen molar-refractivity contribution in [3.63, 3.8) is 0 Å². The lowest BCUT2D eigenvalue weighted by Crippen LogP contribution is -1.99. The van der Waals surface area contributed by atoms with Gasteiger partial charge >= 0.3 is 0 Å². The predicted octanol–water partition coefficient (Wildman–Crippen LogP) is 7.38. The summed E-state index contributed by atoms with van der Waals surface area (Å²) in [6, 6.07) is 21.4. The number of benzene rings is 4. The van der Waals surface area contributed by atoms with Gasteiger partial charge in [0.05, 0.1) is 0 Å². The van der Waals surface area contributed by atoms with Crippen LogP contribution >= 0.6 is 0 Å². The molecular formula is C24H13F5. The standard InChI is InChI=1S/C24H13F5/c25-20-12-17(16-8-6-15(7-9-16)14-4-2-1-3-5-14)10-11-18(20)19-13-21(26)23(28)24(29)22(19)27/h1-13H. The highest BCUT2D eigenvalue weighted by Crippen LogP contribution is 2.33. The molecule has 144 valence electrons. The van der Waals surface area contributed by atoms with E-state index in [9.17, 15) is 22.0 Å². The van der Waals surface area contributed by atoms with E-state index in [0.717, 1.165) is 17.2 Å². The fourth-order valence-electron chi connectivity index (χ4n) is 3.17. The Balaban J connectivity index is 1.70. The molecule has 4 aromatic rings. The fourth-order valence-corrected chi connectivity index (χ4v) is 3.17. The van der Waals surface area contributed by atoms with Crippen molar-refractivity contribution < 1.29 is 22.0 Å². The van der Waals surface area contributed by atoms with Crippen LogP contribution in [0, 0.1) is 29.1 Å². The Kier molecular flexibility index (Phi) is 4.89. The van der Waals surface area contributed by atoms with Crippen LogP contribution < -0.4 is 0 Å². The second-order valence-electron chi connectivity index (χ2n) is 6.49. The van der Waals surface area contributed by atoms with Crippen molar-refractivity contribution in [3.8, 4) is 33.4 Å². The Morgan fingerprint density at radius 1 is 0.379 bits per heavy atom. The largest absolute Gasteiger partial charge is 0.206 e. The summed E-state index contributed by atoms with van der Waals surface area (Å²) in [5.74, 6) is -8.00. The topological polar surface area (TPSA) is 0 Å². The van der Waals surface area contributed by atoms with Crippen LogP contribution in [0.4, 0.5) is 22.0 Å². The molecule has 0 atom stereocenters. The van der Waals surface area contributed by atoms with E-state index in [-0.39, 0.29) is 5.56 Å². The summed E-state index contributed by atoms with van der Waals surface area (Å²) in [6.45, 7) is 0. The molecule has 0 aliphatic rings. The number of hydrogen-bond acceptors (Lipinski definition) is 0. The molecule has 0 fully saturated rings. The molecule has 0 bridgehead atoms. The van der Waals surface area contributed by atoms with Crippen LogP contribution in [0.25, 0.3) is 33.4 Å². The van der Waals surface area contributed by atoms with Gasteiger partial charge in [-0.05, 0) is 34.4 Å². The van der Waals surface area contributed by atoms with E-state index in [4.69, 9.17) is 0 Å². The van der Waals surface area contributed by atoms with Gasteiger partial charge in [-0.25, -0.2) is 22.0 Å². The van der Waals surface area contributed by atoms with Crippen LogP contribution in [0.3, 0.4) is 0 Å². The zero-order chi connectivity index (χ0) is 20.5. The van der Waals surface area contributed by atoms with Gasteiger partial charge in [-0.2, -0.15) is 0 Å². The molecule has 0 saturated heterocycles. The Labute approximate surface area is 163 Å². The summed E-state index contributed by atoms with van der Waals surface area (Å²) in [5.41, 5.74) is 2.22. The van der Waals surface area contributed by atoms with Crippen LogP contribution in [0.2, 0.25) is 0 Å². The quantitative estimate of drug-likeness (QED) is 0.192. The third kappa shape index (κ3) is 3.51. The molecule has 0 heterocycles. The summed E-state index contributed by atoms with van der Waals surface area (Å²) in [6.07, 6.45) is 0. The van der Waals surface area contributed by atoms with Crippen molar-refractivity contribution in [2.75, 3.05) is 0 Å². The zero-order valence-corrected chi connectivity index (χ0v) is 14.9. The van der Waals surface area contributed by atoms with E-state index < -0.39 is 34.6 Å². The molecular weight excluding hydrogens is 383 g/mol. The SMILES string of the molecule is Fc1cc(-c2ccc(-c3ccccc3)cc2)ccc1-c1cc(F)c(F)c(F)c1F. The molecule has 0 aromatic heterocycles. The molecule has 29 heavy (non-hydrogen) atoms. The second-order valence-corrected chi connectivity index (χ2v) is 6.49. The van der Waals surface area contributed by atoms with Gasteiger partial charge in [-0.15, -0.1) is 0 Å². The first-order valence-electron chi connectivity index (χ1n) is 8.74. The smallest absolute Gasteiger partial charge is 0.198 e. The average Bonchev–Trinajstić information content (AvgIpc) is 2.76. The summed E-state index contributed by atoms with van der Waals surface area (Å²) in [4.78, 5) is 0. The zero-order valence-electron chi connectivity index (χ0n) is 14.9. The Hall–Kier alpha value is -3.47. The van der Waals surface area contributed by atoms with Gasteiger partial charge in [0.1, 0.15) is 5.82 Å². The molecule has 0 aliphatic carbocycles. The van der Waals surface area contributed by atoms with E-state index in [1.165, 1.54) is 12.1 Å². The van der Waals surface area contributed by atoms with Crippen molar-refractivity contribution >= 4 is 0 Å². The fraction of sp³-hybridized carbons (Fsp3) is 0. The molecule has 5 heteroatoms. The Bertz CT molecular complexity index is 1180. The Morgan fingerprint density at radius 2 is 0.931 bits per heavy atom. The van der Waals surface area contributed by atoms with Crippen LogP contribution in [0.1, 0.15) is 0 Å². The lowest BCUT2D eigenvalue weighted by atomic mass is 9.97. The third-order valence-corrected chi connectivity index (χ3v) is 4.69. The lowest BCUT2D eigenvalue weighted by Gasteiger charge is -2.10. The maximum atomic E-state index is 14.6. The highest BCUT2D eigenvalue weighted by Gasteiger charge is 2.21. The molecule has 0 unspecified atom stereocenters. The number of rotatable bonds is 3. The van der Waals surface area contributed by atoms with E-state index in [2.05, 4.69) is 0 Å². The maximum absolute atomic E-state index is 14.6. The minimum Gasteiger partial charge on any atom is -0.206 e. The van der Waals surface area contributed by atoms with E-state index in [1.54, 1.807) is 0 Å². The van der Waals surface area contributed by atoms with Crippen LogP contribution in [0.15, 0.2) is 78.9 Å².